The Kier molecular flexibility index (Phi) is 4.24. The Hall–Kier alpha value is -3.11. The largest absolute Gasteiger partial charge is 0.281 e. The lowest BCUT2D eigenvalue weighted by atomic mass is 10.1. The second-order valence-corrected chi connectivity index (χ2v) is 8.84. The summed E-state index contributed by atoms with van der Waals surface area (Å²) in [5, 5.41) is 23.7. The van der Waals surface area contributed by atoms with E-state index in [1.54, 1.807) is 12.1 Å². The van der Waals surface area contributed by atoms with Crippen LogP contribution in [0.3, 0.4) is 0 Å². The predicted molar refractivity (Wildman–Crippen MR) is 102 cm³/mol. The molecule has 0 saturated carbocycles. The molecule has 0 spiro atoms. The van der Waals surface area contributed by atoms with Gasteiger partial charge < -0.3 is 0 Å². The second-order valence-electron chi connectivity index (χ2n) is 6.12. The highest BCUT2D eigenvalue weighted by Gasteiger charge is 2.32. The van der Waals surface area contributed by atoms with E-state index in [0.29, 0.717) is 0 Å². The summed E-state index contributed by atoms with van der Waals surface area (Å²) in [6.45, 7) is 1.84. The van der Waals surface area contributed by atoms with Gasteiger partial charge in [0, 0.05) is 11.5 Å². The molecule has 0 aliphatic heterocycles. The molecule has 0 radical (unpaired) electrons. The van der Waals surface area contributed by atoms with Gasteiger partial charge in [0.15, 0.2) is 10.4 Å². The topological polar surface area (TPSA) is 120 Å². The van der Waals surface area contributed by atoms with Crippen LogP contribution in [-0.2, 0) is 9.84 Å². The molecule has 0 N–H and O–H groups in total. The molecule has 9 nitrogen and oxygen atoms in total. The molecule has 28 heavy (non-hydrogen) atoms. The number of hydrogen-bond donors (Lipinski definition) is 0. The van der Waals surface area contributed by atoms with Gasteiger partial charge in [0.05, 0.1) is 9.82 Å². The summed E-state index contributed by atoms with van der Waals surface area (Å²) >= 11 is 6.38. The van der Waals surface area contributed by atoms with Gasteiger partial charge >= 0.3 is 0 Å². The van der Waals surface area contributed by atoms with Crippen LogP contribution in [0.5, 0.6) is 0 Å². The number of nitro benzene ring substituents is 1. The third kappa shape index (κ3) is 2.77. The van der Waals surface area contributed by atoms with Crippen LogP contribution in [0.1, 0.15) is 16.0 Å². The van der Waals surface area contributed by atoms with Crippen LogP contribution in [0.2, 0.25) is 0 Å². The summed E-state index contributed by atoms with van der Waals surface area (Å²) < 4.78 is 25.7. The summed E-state index contributed by atoms with van der Waals surface area (Å²) in [7, 11) is -4.01. The lowest BCUT2D eigenvalue weighted by molar-refractivity contribution is -0.383. The van der Waals surface area contributed by atoms with Crippen LogP contribution in [0.15, 0.2) is 53.7 Å². The number of aryl methyl sites for hydroxylation is 1. The molecule has 0 fully saturated rings. The third-order valence-electron chi connectivity index (χ3n) is 4.32. The Morgan fingerprint density at radius 1 is 1.18 bits per heavy atom. The second kappa shape index (κ2) is 6.50. The van der Waals surface area contributed by atoms with E-state index in [4.69, 9.17) is 11.6 Å². The first-order valence-corrected chi connectivity index (χ1v) is 10.0. The fourth-order valence-electron chi connectivity index (χ4n) is 2.94. The molecule has 2 aromatic heterocycles. The van der Waals surface area contributed by atoms with Crippen molar-refractivity contribution in [3.8, 4) is 0 Å². The van der Waals surface area contributed by atoms with E-state index in [0.717, 1.165) is 5.56 Å². The van der Waals surface area contributed by atoms with Crippen molar-refractivity contribution in [3.05, 3.63) is 70.2 Å². The van der Waals surface area contributed by atoms with Gasteiger partial charge in [-0.25, -0.2) is 8.42 Å². The van der Waals surface area contributed by atoms with Crippen molar-refractivity contribution in [1.29, 1.82) is 0 Å². The molecule has 0 bridgehead atoms. The Morgan fingerprint density at radius 2 is 1.89 bits per heavy atom. The number of rotatable bonds is 4. The molecule has 2 aromatic carbocycles. The van der Waals surface area contributed by atoms with E-state index < -0.39 is 19.5 Å². The van der Waals surface area contributed by atoms with Gasteiger partial charge in [-0.15, -0.1) is 10.2 Å². The first kappa shape index (κ1) is 18.3. The number of sulfone groups is 1. The Bertz CT molecular complexity index is 1340. The molecule has 4 aromatic rings. The SMILES string of the molecule is Cc1ccc(S(=O)(=O)C(Cl)c2nn3cnnc3c3c([N+](=O)[O-])cccc23)cc1. The minimum absolute atomic E-state index is 0.0299. The zero-order valence-corrected chi connectivity index (χ0v) is 15.9. The summed E-state index contributed by atoms with van der Waals surface area (Å²) in [5.74, 6) is 0. The molecule has 1 atom stereocenters. The van der Waals surface area contributed by atoms with Crippen LogP contribution in [0.4, 0.5) is 5.69 Å². The van der Waals surface area contributed by atoms with E-state index in [1.807, 2.05) is 6.92 Å². The fourth-order valence-corrected chi connectivity index (χ4v) is 4.63. The molecule has 142 valence electrons. The highest BCUT2D eigenvalue weighted by Crippen LogP contribution is 2.38. The number of aromatic nitrogens is 4. The van der Waals surface area contributed by atoms with Crippen LogP contribution in [0, 0.1) is 17.0 Å². The van der Waals surface area contributed by atoms with Crippen molar-refractivity contribution in [1.82, 2.24) is 19.8 Å². The number of non-ortho nitro benzene ring substituents is 1. The Balaban J connectivity index is 2.01. The van der Waals surface area contributed by atoms with E-state index in [1.165, 1.54) is 41.2 Å². The number of nitrogens with zero attached hydrogens (tertiary/aromatic N) is 5. The standard InChI is InChI=1S/C17H12ClN5O4S/c1-10-5-7-11(8-6-10)28(26,27)16(18)15-12-3-2-4-13(23(24)25)14(12)17-20-19-9-22(17)21-15/h2-9,16H,1H3. The average molecular weight is 418 g/mol. The molecule has 4 rings (SSSR count). The van der Waals surface area contributed by atoms with E-state index in [-0.39, 0.29) is 32.7 Å². The zero-order chi connectivity index (χ0) is 20.1. The molecule has 1 unspecified atom stereocenters. The van der Waals surface area contributed by atoms with E-state index in [9.17, 15) is 18.5 Å². The van der Waals surface area contributed by atoms with Crippen LogP contribution in [-0.4, -0.2) is 33.2 Å². The first-order chi connectivity index (χ1) is 13.3. The van der Waals surface area contributed by atoms with Crippen molar-refractivity contribution < 1.29 is 13.3 Å². The van der Waals surface area contributed by atoms with Crippen molar-refractivity contribution in [3.63, 3.8) is 0 Å². The zero-order valence-electron chi connectivity index (χ0n) is 14.4. The van der Waals surface area contributed by atoms with Crippen molar-refractivity contribution in [2.45, 2.75) is 16.5 Å². The summed E-state index contributed by atoms with van der Waals surface area (Å²) in [6, 6.07) is 10.5. The molecular formula is C17H12ClN5O4S. The highest BCUT2D eigenvalue weighted by atomic mass is 35.5. The van der Waals surface area contributed by atoms with Gasteiger partial charge in [0.25, 0.3) is 5.69 Å². The van der Waals surface area contributed by atoms with Crippen molar-refractivity contribution >= 4 is 43.5 Å². The quantitative estimate of drug-likeness (QED) is 0.284. The summed E-state index contributed by atoms with van der Waals surface area (Å²) in [6.07, 6.45) is 1.23. The van der Waals surface area contributed by atoms with Crippen molar-refractivity contribution in [2.24, 2.45) is 0 Å². The lowest BCUT2D eigenvalue weighted by Crippen LogP contribution is -2.13. The molecular weight excluding hydrogens is 406 g/mol. The van der Waals surface area contributed by atoms with Gasteiger partial charge in [-0.2, -0.15) is 9.61 Å². The van der Waals surface area contributed by atoms with Crippen LogP contribution >= 0.6 is 11.6 Å². The monoisotopic (exact) mass is 417 g/mol. The molecule has 0 aliphatic rings. The van der Waals surface area contributed by atoms with Gasteiger partial charge in [0.1, 0.15) is 17.4 Å². The molecule has 2 heterocycles. The number of alkyl halides is 1. The molecule has 0 saturated heterocycles. The number of benzene rings is 2. The molecule has 0 aliphatic carbocycles. The maximum absolute atomic E-state index is 13.0. The Morgan fingerprint density at radius 3 is 2.57 bits per heavy atom. The maximum atomic E-state index is 13.0. The fraction of sp³-hybridized carbons (Fsp3) is 0.118. The van der Waals surface area contributed by atoms with Crippen LogP contribution < -0.4 is 0 Å². The number of nitro groups is 1. The minimum atomic E-state index is -4.01. The smallest absolute Gasteiger partial charge is 0.258 e. The average Bonchev–Trinajstić information content (AvgIpc) is 3.15. The van der Waals surface area contributed by atoms with E-state index >= 15 is 0 Å². The minimum Gasteiger partial charge on any atom is -0.258 e. The third-order valence-corrected chi connectivity index (χ3v) is 6.93. The van der Waals surface area contributed by atoms with Crippen molar-refractivity contribution in [2.75, 3.05) is 0 Å². The van der Waals surface area contributed by atoms with E-state index in [2.05, 4.69) is 15.3 Å². The van der Waals surface area contributed by atoms with Crippen LogP contribution in [0.25, 0.3) is 16.4 Å². The van der Waals surface area contributed by atoms with Gasteiger partial charge in [0.2, 0.25) is 9.84 Å². The number of hydrogen-bond acceptors (Lipinski definition) is 7. The Labute approximate surface area is 163 Å². The summed E-state index contributed by atoms with van der Waals surface area (Å²) in [5.41, 5.74) is 0.766. The van der Waals surface area contributed by atoms with Gasteiger partial charge in [-0.1, -0.05) is 41.4 Å². The first-order valence-electron chi connectivity index (χ1n) is 8.02. The van der Waals surface area contributed by atoms with Gasteiger partial charge in [-0.3, -0.25) is 10.1 Å². The normalized spacial score (nSPS) is 13.1. The number of fused-ring (bicyclic) bond motifs is 3. The maximum Gasteiger partial charge on any atom is 0.281 e. The lowest BCUT2D eigenvalue weighted by Gasteiger charge is -2.14. The van der Waals surface area contributed by atoms with Gasteiger partial charge in [-0.05, 0) is 19.1 Å². The highest BCUT2D eigenvalue weighted by molar-refractivity contribution is 7.92. The summed E-state index contributed by atoms with van der Waals surface area (Å²) in [4.78, 5) is 10.9. The predicted octanol–water partition coefficient (Wildman–Crippen LogP) is 3.21. The molecule has 0 amide bonds. The number of halogens is 1. The molecule has 11 heteroatoms.